The van der Waals surface area contributed by atoms with Crippen LogP contribution in [0.1, 0.15) is 6.42 Å². The molecule has 1 fully saturated rings. The lowest BCUT2D eigenvalue weighted by atomic mass is 9.97. The molecule has 1 aromatic carbocycles. The van der Waals surface area contributed by atoms with Crippen molar-refractivity contribution >= 4 is 30.7 Å². The number of benzene rings is 1. The molecule has 0 aliphatic carbocycles. The van der Waals surface area contributed by atoms with Gasteiger partial charge in [0, 0.05) is 0 Å². The zero-order valence-electron chi connectivity index (χ0n) is 12.9. The average Bonchev–Trinajstić information content (AvgIpc) is 2.55. The summed E-state index contributed by atoms with van der Waals surface area (Å²) in [5.74, 6) is 0.296. The van der Waals surface area contributed by atoms with E-state index < -0.39 is 44.5 Å². The van der Waals surface area contributed by atoms with Crippen molar-refractivity contribution in [3.63, 3.8) is 0 Å². The van der Waals surface area contributed by atoms with Crippen LogP contribution >= 0.6 is 19.8 Å². The first kappa shape index (κ1) is 20.1. The lowest BCUT2D eigenvalue weighted by molar-refractivity contribution is -0.272. The van der Waals surface area contributed by atoms with Gasteiger partial charge in [0.1, 0.15) is 24.1 Å². The third kappa shape index (κ3) is 5.65. The van der Waals surface area contributed by atoms with Crippen LogP contribution in [0.15, 0.2) is 29.3 Å². The van der Waals surface area contributed by atoms with Gasteiger partial charge >= 0.3 is 7.60 Å². The fraction of sp³-hybridized carbons (Fsp3) is 0.500. The van der Waals surface area contributed by atoms with Crippen LogP contribution in [0.4, 0.5) is 5.69 Å². The van der Waals surface area contributed by atoms with Gasteiger partial charge in [-0.05, 0) is 42.9 Å². The third-order valence-electron chi connectivity index (χ3n) is 3.64. The Morgan fingerprint density at radius 1 is 1.16 bits per heavy atom. The molecule has 138 valence electrons. The molecule has 5 N–H and O–H groups in total. The summed E-state index contributed by atoms with van der Waals surface area (Å²) >= 11 is 4.49. The Bertz CT molecular complexity index is 674. The van der Waals surface area contributed by atoms with Gasteiger partial charge in [0.25, 0.3) is 0 Å². The second kappa shape index (κ2) is 8.46. The molecule has 1 saturated heterocycles. The summed E-state index contributed by atoms with van der Waals surface area (Å²) in [4.78, 5) is 21.6. The van der Waals surface area contributed by atoms with Gasteiger partial charge in [0.05, 0.1) is 23.1 Å². The third-order valence-corrected chi connectivity index (χ3v) is 4.57. The van der Waals surface area contributed by atoms with Crippen LogP contribution in [-0.2, 0) is 9.30 Å². The van der Waals surface area contributed by atoms with Crippen LogP contribution in [0.2, 0.25) is 0 Å². The predicted molar refractivity (Wildman–Crippen MR) is 90.0 cm³/mol. The molecule has 0 spiro atoms. The van der Waals surface area contributed by atoms with Crippen LogP contribution in [-0.4, -0.2) is 67.1 Å². The topological polar surface area (TPSA) is 149 Å². The first-order chi connectivity index (χ1) is 11.7. The maximum absolute atomic E-state index is 11.0. The number of aliphatic hydroxyl groups is 3. The monoisotopic (exact) mass is 391 g/mol. The second-order valence-electron chi connectivity index (χ2n) is 5.51. The average molecular weight is 391 g/mol. The number of nitrogens with zero attached hydrogens (tertiary/aromatic N) is 1. The van der Waals surface area contributed by atoms with Crippen molar-refractivity contribution < 1.29 is 39.1 Å². The Labute approximate surface area is 148 Å². The molecule has 1 aliphatic rings. The molecule has 0 saturated carbocycles. The first-order valence-electron chi connectivity index (χ1n) is 7.30. The van der Waals surface area contributed by atoms with Crippen LogP contribution < -0.4 is 4.74 Å². The number of isothiocyanates is 1. The minimum Gasteiger partial charge on any atom is -0.462 e. The zero-order valence-corrected chi connectivity index (χ0v) is 14.6. The highest BCUT2D eigenvalue weighted by molar-refractivity contribution is 7.78. The molecule has 5 atom stereocenters. The number of aliphatic hydroxyl groups excluding tert-OH is 3. The van der Waals surface area contributed by atoms with E-state index in [1.54, 1.807) is 12.1 Å². The molecule has 0 radical (unpaired) electrons. The van der Waals surface area contributed by atoms with E-state index in [9.17, 15) is 19.9 Å². The molecular weight excluding hydrogens is 373 g/mol. The zero-order chi connectivity index (χ0) is 18.6. The van der Waals surface area contributed by atoms with E-state index in [2.05, 4.69) is 22.4 Å². The maximum atomic E-state index is 11.0. The van der Waals surface area contributed by atoms with E-state index in [0.717, 1.165) is 0 Å². The molecule has 11 heteroatoms. The Hall–Kier alpha value is -1.19. The fourth-order valence-electron chi connectivity index (χ4n) is 2.33. The highest BCUT2D eigenvalue weighted by Gasteiger charge is 2.45. The van der Waals surface area contributed by atoms with Crippen molar-refractivity contribution in [2.45, 2.75) is 37.1 Å². The van der Waals surface area contributed by atoms with Gasteiger partial charge in [-0.15, -0.1) is 0 Å². The van der Waals surface area contributed by atoms with E-state index in [0.29, 0.717) is 11.4 Å². The van der Waals surface area contributed by atoms with Crippen molar-refractivity contribution in [3.05, 3.63) is 24.3 Å². The van der Waals surface area contributed by atoms with Crippen molar-refractivity contribution in [1.29, 1.82) is 0 Å². The number of thiocarbonyl (C=S) groups is 1. The van der Waals surface area contributed by atoms with Crippen molar-refractivity contribution in [3.8, 4) is 5.75 Å². The van der Waals surface area contributed by atoms with Crippen molar-refractivity contribution in [2.75, 3.05) is 6.16 Å². The SMILES string of the molecule is O=P(O)(O)CC[C@H]1O[C@H](Oc2ccc(N=C=S)cc2)[C@@H](O)[C@@H](O)[C@@H]1O. The van der Waals surface area contributed by atoms with Crippen LogP contribution in [0.3, 0.4) is 0 Å². The summed E-state index contributed by atoms with van der Waals surface area (Å²) in [7, 11) is -4.29. The minimum absolute atomic E-state index is 0.211. The van der Waals surface area contributed by atoms with Crippen molar-refractivity contribution in [2.24, 2.45) is 4.99 Å². The summed E-state index contributed by atoms with van der Waals surface area (Å²) in [6, 6.07) is 6.23. The molecule has 0 aromatic heterocycles. The first-order valence-corrected chi connectivity index (χ1v) is 9.50. The summed E-state index contributed by atoms with van der Waals surface area (Å²) in [5.41, 5.74) is 0.544. The molecule has 1 heterocycles. The molecule has 0 unspecified atom stereocenters. The molecule has 1 aliphatic heterocycles. The van der Waals surface area contributed by atoms with Gasteiger partial charge in [-0.1, -0.05) is 0 Å². The second-order valence-corrected chi connectivity index (χ2v) is 7.47. The molecule has 0 amide bonds. The highest BCUT2D eigenvalue weighted by atomic mass is 32.1. The van der Waals surface area contributed by atoms with Gasteiger partial charge in [0.2, 0.25) is 6.29 Å². The number of hydrogen-bond acceptors (Lipinski definition) is 8. The maximum Gasteiger partial charge on any atom is 0.325 e. The summed E-state index contributed by atoms with van der Waals surface area (Å²) in [6.45, 7) is 0. The molecular formula is C14H18NO8PS. The van der Waals surface area contributed by atoms with Gasteiger partial charge in [-0.3, -0.25) is 4.57 Å². The van der Waals surface area contributed by atoms with Gasteiger partial charge < -0.3 is 34.6 Å². The van der Waals surface area contributed by atoms with Crippen LogP contribution in [0, 0.1) is 0 Å². The van der Waals surface area contributed by atoms with E-state index in [-0.39, 0.29) is 6.42 Å². The fourth-order valence-corrected chi connectivity index (χ4v) is 3.03. The summed E-state index contributed by atoms with van der Waals surface area (Å²) in [6.07, 6.45) is -7.79. The van der Waals surface area contributed by atoms with E-state index in [4.69, 9.17) is 19.3 Å². The molecule has 25 heavy (non-hydrogen) atoms. The van der Waals surface area contributed by atoms with Crippen LogP contribution in [0.5, 0.6) is 5.75 Å². The number of rotatable bonds is 6. The van der Waals surface area contributed by atoms with Crippen LogP contribution in [0.25, 0.3) is 0 Å². The molecule has 9 nitrogen and oxygen atoms in total. The number of ether oxygens (including phenoxy) is 2. The highest BCUT2D eigenvalue weighted by Crippen LogP contribution is 2.37. The number of aliphatic imine (C=N–C) groups is 1. The Morgan fingerprint density at radius 2 is 1.80 bits per heavy atom. The summed E-state index contributed by atoms with van der Waals surface area (Å²) < 4.78 is 21.8. The molecule has 2 rings (SSSR count). The normalized spacial score (nSPS) is 29.7. The lowest BCUT2D eigenvalue weighted by Gasteiger charge is -2.40. The predicted octanol–water partition coefficient (Wildman–Crippen LogP) is 0.175. The van der Waals surface area contributed by atoms with E-state index in [1.165, 1.54) is 12.1 Å². The Morgan fingerprint density at radius 3 is 2.36 bits per heavy atom. The number of hydrogen-bond donors (Lipinski definition) is 5. The lowest BCUT2D eigenvalue weighted by Crippen LogP contribution is -2.59. The summed E-state index contributed by atoms with van der Waals surface area (Å²) in [5, 5.41) is 32.0. The van der Waals surface area contributed by atoms with Gasteiger partial charge in [0.15, 0.2) is 0 Å². The Balaban J connectivity index is 2.07. The largest absolute Gasteiger partial charge is 0.462 e. The van der Waals surface area contributed by atoms with E-state index in [1.807, 2.05) is 0 Å². The van der Waals surface area contributed by atoms with Gasteiger partial charge in [-0.25, -0.2) is 0 Å². The Kier molecular flexibility index (Phi) is 6.81. The quantitative estimate of drug-likeness (QED) is 0.260. The minimum atomic E-state index is -4.29. The van der Waals surface area contributed by atoms with E-state index >= 15 is 0 Å². The smallest absolute Gasteiger partial charge is 0.325 e. The van der Waals surface area contributed by atoms with Crippen molar-refractivity contribution in [1.82, 2.24) is 0 Å². The van der Waals surface area contributed by atoms with Gasteiger partial charge in [-0.2, -0.15) is 4.99 Å². The molecule has 1 aromatic rings. The standard InChI is InChI=1S/C14H18NO8PS/c16-11-10(5-6-24(19,20)21)23-14(13(18)12(11)17)22-9-3-1-8(2-4-9)15-7-25/h1-4,10-14,16-18H,5-6H2,(H2,19,20,21)/t10-,11-,12+,13+,14+/m1/s1. The molecule has 0 bridgehead atoms.